The smallest absolute Gasteiger partial charge is 0.316 e. The maximum Gasteiger partial charge on any atom is 0.416 e. The number of nitrogens with zero attached hydrogens (tertiary/aromatic N) is 1. The number of rotatable bonds is 2. The number of nitrogens with one attached hydrogen (secondary N) is 1. The summed E-state index contributed by atoms with van der Waals surface area (Å²) in [5, 5.41) is 3.40. The Morgan fingerprint density at radius 3 is 2.80 bits per heavy atom. The van der Waals surface area contributed by atoms with Gasteiger partial charge in [0.15, 0.2) is 0 Å². The van der Waals surface area contributed by atoms with Crippen LogP contribution in [0.2, 0.25) is 0 Å². The molecule has 1 aromatic rings. The Morgan fingerprint density at radius 1 is 1.20 bits per heavy atom. The van der Waals surface area contributed by atoms with Crippen molar-refractivity contribution in [3.63, 3.8) is 0 Å². The molecular weight excluding hydrogens is 265 g/mol. The minimum absolute atomic E-state index is 0.549. The third-order valence-electron chi connectivity index (χ3n) is 4.45. The summed E-state index contributed by atoms with van der Waals surface area (Å²) < 4.78 is 38.1. The van der Waals surface area contributed by atoms with Crippen molar-refractivity contribution in [2.75, 3.05) is 26.2 Å². The lowest BCUT2D eigenvalue weighted by atomic mass is 9.88. The van der Waals surface area contributed by atoms with E-state index in [1.807, 2.05) is 0 Å². The molecule has 2 atom stereocenters. The van der Waals surface area contributed by atoms with Crippen molar-refractivity contribution in [1.82, 2.24) is 10.2 Å². The van der Waals surface area contributed by atoms with Crippen molar-refractivity contribution in [1.29, 1.82) is 0 Å². The number of piperidine rings is 1. The maximum absolute atomic E-state index is 12.7. The minimum Gasteiger partial charge on any atom is -0.316 e. The second kappa shape index (κ2) is 5.37. The molecule has 0 aromatic heterocycles. The molecule has 2 nitrogen and oxygen atoms in total. The van der Waals surface area contributed by atoms with Gasteiger partial charge in [0.05, 0.1) is 5.56 Å². The summed E-state index contributed by atoms with van der Waals surface area (Å²) in [7, 11) is 0. The Balaban J connectivity index is 1.66. The molecule has 2 saturated heterocycles. The van der Waals surface area contributed by atoms with E-state index < -0.39 is 11.7 Å². The van der Waals surface area contributed by atoms with E-state index in [0.29, 0.717) is 12.5 Å². The molecule has 1 aromatic carbocycles. The number of hydrogen-bond donors (Lipinski definition) is 1. The molecule has 2 heterocycles. The number of halogens is 3. The summed E-state index contributed by atoms with van der Waals surface area (Å²) in [5.74, 6) is 1.42. The van der Waals surface area contributed by atoms with E-state index in [1.54, 1.807) is 6.07 Å². The first-order valence-electron chi connectivity index (χ1n) is 7.11. The van der Waals surface area contributed by atoms with Crippen molar-refractivity contribution >= 4 is 0 Å². The van der Waals surface area contributed by atoms with E-state index >= 15 is 0 Å². The van der Waals surface area contributed by atoms with Gasteiger partial charge >= 0.3 is 6.18 Å². The van der Waals surface area contributed by atoms with Crippen LogP contribution in [0.3, 0.4) is 0 Å². The monoisotopic (exact) mass is 284 g/mol. The van der Waals surface area contributed by atoms with Crippen LogP contribution in [-0.4, -0.2) is 31.1 Å². The predicted molar refractivity (Wildman–Crippen MR) is 71.2 cm³/mol. The lowest BCUT2D eigenvalue weighted by Gasteiger charge is -2.34. The first kappa shape index (κ1) is 13.9. The molecule has 0 radical (unpaired) electrons. The topological polar surface area (TPSA) is 15.3 Å². The number of fused-ring (bicyclic) bond motifs is 1. The molecule has 1 N–H and O–H groups in total. The number of likely N-dealkylation sites (tertiary alicyclic amines) is 1. The van der Waals surface area contributed by atoms with Crippen molar-refractivity contribution < 1.29 is 13.2 Å². The normalized spacial score (nSPS) is 27.6. The zero-order chi connectivity index (χ0) is 14.2. The van der Waals surface area contributed by atoms with Gasteiger partial charge in [-0.05, 0) is 49.5 Å². The molecule has 0 aliphatic carbocycles. The van der Waals surface area contributed by atoms with Gasteiger partial charge in [-0.25, -0.2) is 0 Å². The Bertz CT molecular complexity index is 472. The third-order valence-corrected chi connectivity index (χ3v) is 4.45. The van der Waals surface area contributed by atoms with Gasteiger partial charge in [0.25, 0.3) is 0 Å². The molecule has 5 heteroatoms. The quantitative estimate of drug-likeness (QED) is 0.898. The van der Waals surface area contributed by atoms with Crippen LogP contribution in [0.15, 0.2) is 24.3 Å². The van der Waals surface area contributed by atoms with E-state index in [2.05, 4.69) is 10.2 Å². The minimum atomic E-state index is -4.25. The van der Waals surface area contributed by atoms with Crippen molar-refractivity contribution in [2.45, 2.75) is 19.1 Å². The van der Waals surface area contributed by atoms with Crippen LogP contribution in [-0.2, 0) is 12.7 Å². The summed E-state index contributed by atoms with van der Waals surface area (Å²) in [4.78, 5) is 2.28. The molecule has 0 amide bonds. The maximum atomic E-state index is 12.7. The summed E-state index contributed by atoms with van der Waals surface area (Å²) in [6.45, 7) is 4.74. The van der Waals surface area contributed by atoms with Crippen LogP contribution in [0.25, 0.3) is 0 Å². The fourth-order valence-electron chi connectivity index (χ4n) is 3.36. The molecule has 2 aliphatic heterocycles. The van der Waals surface area contributed by atoms with E-state index in [0.717, 1.165) is 50.1 Å². The highest BCUT2D eigenvalue weighted by molar-refractivity contribution is 5.25. The van der Waals surface area contributed by atoms with Gasteiger partial charge in [-0.3, -0.25) is 4.90 Å². The van der Waals surface area contributed by atoms with Crippen LogP contribution < -0.4 is 5.32 Å². The lowest BCUT2D eigenvalue weighted by Crippen LogP contribution is -2.39. The zero-order valence-electron chi connectivity index (χ0n) is 11.3. The predicted octanol–water partition coefficient (Wildman–Crippen LogP) is 2.75. The molecule has 0 saturated carbocycles. The second-order valence-electron chi connectivity index (χ2n) is 5.90. The van der Waals surface area contributed by atoms with Crippen LogP contribution in [0.5, 0.6) is 0 Å². The molecule has 0 spiro atoms. The summed E-state index contributed by atoms with van der Waals surface area (Å²) in [6.07, 6.45) is -3.10. The van der Waals surface area contributed by atoms with Gasteiger partial charge in [-0.2, -0.15) is 13.2 Å². The molecule has 20 heavy (non-hydrogen) atoms. The van der Waals surface area contributed by atoms with Crippen LogP contribution >= 0.6 is 0 Å². The standard InChI is InChI=1S/C15H19F3N2/c16-15(17,18)14-3-1-2-11(6-14)9-20-5-4-12-7-19-8-13(12)10-20/h1-3,6,12-13,19H,4-5,7-10H2. The molecule has 3 rings (SSSR count). The van der Waals surface area contributed by atoms with E-state index in [4.69, 9.17) is 0 Å². The highest BCUT2D eigenvalue weighted by Gasteiger charge is 2.33. The highest BCUT2D eigenvalue weighted by Crippen LogP contribution is 2.31. The Kier molecular flexibility index (Phi) is 3.73. The average molecular weight is 284 g/mol. The van der Waals surface area contributed by atoms with Crippen molar-refractivity contribution in [3.05, 3.63) is 35.4 Å². The van der Waals surface area contributed by atoms with Crippen LogP contribution in [0, 0.1) is 11.8 Å². The Labute approximate surface area is 117 Å². The van der Waals surface area contributed by atoms with Gasteiger partial charge < -0.3 is 5.32 Å². The van der Waals surface area contributed by atoms with E-state index in [9.17, 15) is 13.2 Å². The van der Waals surface area contributed by atoms with Gasteiger partial charge in [0, 0.05) is 13.1 Å². The van der Waals surface area contributed by atoms with E-state index in [-0.39, 0.29) is 0 Å². The fourth-order valence-corrected chi connectivity index (χ4v) is 3.36. The summed E-state index contributed by atoms with van der Waals surface area (Å²) in [6, 6.07) is 5.70. The van der Waals surface area contributed by atoms with Crippen LogP contribution in [0.4, 0.5) is 13.2 Å². The summed E-state index contributed by atoms with van der Waals surface area (Å²) in [5.41, 5.74) is 0.205. The molecule has 2 fully saturated rings. The summed E-state index contributed by atoms with van der Waals surface area (Å²) >= 11 is 0. The van der Waals surface area contributed by atoms with Gasteiger partial charge in [-0.1, -0.05) is 18.2 Å². The fraction of sp³-hybridized carbons (Fsp3) is 0.600. The Morgan fingerprint density at radius 2 is 2.00 bits per heavy atom. The van der Waals surface area contributed by atoms with E-state index in [1.165, 1.54) is 12.1 Å². The zero-order valence-corrected chi connectivity index (χ0v) is 11.3. The highest BCUT2D eigenvalue weighted by atomic mass is 19.4. The molecule has 2 unspecified atom stereocenters. The van der Waals surface area contributed by atoms with Gasteiger partial charge in [-0.15, -0.1) is 0 Å². The number of benzene rings is 1. The second-order valence-corrected chi connectivity index (χ2v) is 5.90. The SMILES string of the molecule is FC(F)(F)c1cccc(CN2CCC3CNCC3C2)c1. The average Bonchev–Trinajstić information content (AvgIpc) is 2.85. The van der Waals surface area contributed by atoms with Gasteiger partial charge in [0.1, 0.15) is 0 Å². The molecule has 0 bridgehead atoms. The number of hydrogen-bond acceptors (Lipinski definition) is 2. The largest absolute Gasteiger partial charge is 0.416 e. The molecule has 2 aliphatic rings. The first-order valence-corrected chi connectivity index (χ1v) is 7.11. The third kappa shape index (κ3) is 2.99. The molecular formula is C15H19F3N2. The Hall–Kier alpha value is -1.07. The van der Waals surface area contributed by atoms with Crippen LogP contribution in [0.1, 0.15) is 17.5 Å². The lowest BCUT2D eigenvalue weighted by molar-refractivity contribution is -0.137. The van der Waals surface area contributed by atoms with Crippen molar-refractivity contribution in [2.24, 2.45) is 11.8 Å². The van der Waals surface area contributed by atoms with Gasteiger partial charge in [0.2, 0.25) is 0 Å². The van der Waals surface area contributed by atoms with Crippen molar-refractivity contribution in [3.8, 4) is 0 Å². The number of alkyl halides is 3. The first-order chi connectivity index (χ1) is 9.52. The molecule has 110 valence electrons.